The summed E-state index contributed by atoms with van der Waals surface area (Å²) in [5.41, 5.74) is 4.60. The van der Waals surface area contributed by atoms with Gasteiger partial charge in [0.25, 0.3) is 5.91 Å². The number of anilines is 2. The minimum absolute atomic E-state index is 0.226. The Balaban J connectivity index is 1.56. The van der Waals surface area contributed by atoms with Crippen LogP contribution in [-0.4, -0.2) is 23.5 Å². The van der Waals surface area contributed by atoms with Crippen LogP contribution in [0.5, 0.6) is 0 Å². The van der Waals surface area contributed by atoms with E-state index in [9.17, 15) is 9.59 Å². The molecule has 3 rings (SSSR count). The first-order chi connectivity index (χ1) is 14.0. The van der Waals surface area contributed by atoms with Crippen molar-refractivity contribution >= 4 is 23.3 Å². The van der Waals surface area contributed by atoms with Crippen molar-refractivity contribution in [2.75, 3.05) is 11.9 Å². The Labute approximate surface area is 169 Å². The number of nitrogens with one attached hydrogen (secondary N) is 2. The third-order valence-electron chi connectivity index (χ3n) is 4.25. The average Bonchev–Trinajstić information content (AvgIpc) is 2.74. The van der Waals surface area contributed by atoms with Crippen LogP contribution in [0, 0.1) is 6.92 Å². The molecular formula is C23H23N3O3. The number of aryl methyl sites for hydroxylation is 1. The Kier molecular flexibility index (Phi) is 6.58. The zero-order valence-electron chi connectivity index (χ0n) is 16.4. The van der Waals surface area contributed by atoms with Crippen molar-refractivity contribution in [1.29, 1.82) is 0 Å². The number of pyridine rings is 1. The lowest BCUT2D eigenvalue weighted by molar-refractivity contribution is 0.0526. The number of ether oxygens (including phenoxy) is 1. The van der Waals surface area contributed by atoms with E-state index in [-0.39, 0.29) is 11.9 Å². The summed E-state index contributed by atoms with van der Waals surface area (Å²) in [5.74, 6) is -0.572. The number of aromatic nitrogens is 1. The Morgan fingerprint density at radius 2 is 1.62 bits per heavy atom. The smallest absolute Gasteiger partial charge is 0.338 e. The molecule has 1 heterocycles. The molecule has 0 aliphatic carbocycles. The van der Waals surface area contributed by atoms with Gasteiger partial charge in [-0.05, 0) is 55.8 Å². The van der Waals surface area contributed by atoms with Gasteiger partial charge >= 0.3 is 5.97 Å². The van der Waals surface area contributed by atoms with Crippen molar-refractivity contribution in [3.8, 4) is 0 Å². The van der Waals surface area contributed by atoms with Gasteiger partial charge in [0.1, 0.15) is 5.69 Å². The van der Waals surface area contributed by atoms with Crippen LogP contribution < -0.4 is 10.6 Å². The maximum absolute atomic E-state index is 12.3. The van der Waals surface area contributed by atoms with Crippen molar-refractivity contribution in [2.45, 2.75) is 20.4 Å². The van der Waals surface area contributed by atoms with Crippen LogP contribution >= 0.6 is 0 Å². The van der Waals surface area contributed by atoms with Gasteiger partial charge in [0.05, 0.1) is 24.1 Å². The first kappa shape index (κ1) is 20.1. The molecule has 148 valence electrons. The molecule has 0 aliphatic heterocycles. The SMILES string of the molecule is CCOC(=O)c1ccc(Nc2ccc(C(=O)NCc3ccc(C)cc3)nc2)cc1. The van der Waals surface area contributed by atoms with E-state index in [1.165, 1.54) is 5.56 Å². The predicted molar refractivity (Wildman–Crippen MR) is 112 cm³/mol. The second kappa shape index (κ2) is 9.50. The first-order valence-corrected chi connectivity index (χ1v) is 9.39. The fraction of sp³-hybridized carbons (Fsp3) is 0.174. The van der Waals surface area contributed by atoms with E-state index in [0.29, 0.717) is 24.4 Å². The summed E-state index contributed by atoms with van der Waals surface area (Å²) in [6, 6.07) is 18.4. The second-order valence-corrected chi connectivity index (χ2v) is 6.52. The van der Waals surface area contributed by atoms with Crippen LogP contribution in [0.4, 0.5) is 11.4 Å². The molecule has 0 unspecified atom stereocenters. The van der Waals surface area contributed by atoms with Gasteiger partial charge in [-0.2, -0.15) is 0 Å². The Morgan fingerprint density at radius 1 is 0.931 bits per heavy atom. The number of benzene rings is 2. The second-order valence-electron chi connectivity index (χ2n) is 6.52. The summed E-state index contributed by atoms with van der Waals surface area (Å²) in [4.78, 5) is 28.2. The van der Waals surface area contributed by atoms with E-state index in [4.69, 9.17) is 4.74 Å². The largest absolute Gasteiger partial charge is 0.462 e. The molecular weight excluding hydrogens is 366 g/mol. The summed E-state index contributed by atoms with van der Waals surface area (Å²) in [6.45, 7) is 4.59. The summed E-state index contributed by atoms with van der Waals surface area (Å²) in [5, 5.41) is 6.05. The Bertz CT molecular complexity index is 966. The normalized spacial score (nSPS) is 10.3. The van der Waals surface area contributed by atoms with Crippen molar-refractivity contribution in [3.05, 3.63) is 89.2 Å². The molecule has 0 aliphatic rings. The standard InChI is InChI=1S/C23H23N3O3/c1-3-29-23(28)18-8-10-19(11-9-18)26-20-12-13-21(24-15-20)22(27)25-14-17-6-4-16(2)5-7-17/h4-13,15,26H,3,14H2,1-2H3,(H,25,27). The lowest BCUT2D eigenvalue weighted by Crippen LogP contribution is -2.23. The molecule has 3 aromatic rings. The van der Waals surface area contributed by atoms with Gasteiger partial charge in [-0.25, -0.2) is 9.78 Å². The summed E-state index contributed by atoms with van der Waals surface area (Å²) < 4.78 is 4.97. The maximum Gasteiger partial charge on any atom is 0.338 e. The van der Waals surface area contributed by atoms with Gasteiger partial charge in [0, 0.05) is 12.2 Å². The van der Waals surface area contributed by atoms with E-state index in [1.54, 1.807) is 49.5 Å². The highest BCUT2D eigenvalue weighted by atomic mass is 16.5. The first-order valence-electron chi connectivity index (χ1n) is 9.39. The van der Waals surface area contributed by atoms with Gasteiger partial charge in [0.15, 0.2) is 0 Å². The van der Waals surface area contributed by atoms with Crippen LogP contribution in [0.25, 0.3) is 0 Å². The molecule has 0 bridgehead atoms. The van der Waals surface area contributed by atoms with Crippen molar-refractivity contribution in [1.82, 2.24) is 10.3 Å². The molecule has 1 aromatic heterocycles. The third-order valence-corrected chi connectivity index (χ3v) is 4.25. The molecule has 6 heteroatoms. The van der Waals surface area contributed by atoms with E-state index in [0.717, 1.165) is 16.9 Å². The lowest BCUT2D eigenvalue weighted by atomic mass is 10.1. The molecule has 0 fully saturated rings. The number of rotatable bonds is 7. The molecule has 29 heavy (non-hydrogen) atoms. The number of hydrogen-bond acceptors (Lipinski definition) is 5. The van der Waals surface area contributed by atoms with Crippen molar-refractivity contribution < 1.29 is 14.3 Å². The fourth-order valence-electron chi connectivity index (χ4n) is 2.65. The highest BCUT2D eigenvalue weighted by Gasteiger charge is 2.08. The van der Waals surface area contributed by atoms with Crippen molar-refractivity contribution in [2.24, 2.45) is 0 Å². The van der Waals surface area contributed by atoms with Crippen LogP contribution in [0.3, 0.4) is 0 Å². The number of amides is 1. The van der Waals surface area contributed by atoms with Crippen molar-refractivity contribution in [3.63, 3.8) is 0 Å². The highest BCUT2D eigenvalue weighted by molar-refractivity contribution is 5.92. The summed E-state index contributed by atoms with van der Waals surface area (Å²) in [7, 11) is 0. The third kappa shape index (κ3) is 5.65. The minimum Gasteiger partial charge on any atom is -0.462 e. The van der Waals surface area contributed by atoms with Crippen LogP contribution in [0.2, 0.25) is 0 Å². The zero-order chi connectivity index (χ0) is 20.6. The average molecular weight is 389 g/mol. The van der Waals surface area contributed by atoms with E-state index in [1.807, 2.05) is 31.2 Å². The van der Waals surface area contributed by atoms with Gasteiger partial charge in [0.2, 0.25) is 0 Å². The highest BCUT2D eigenvalue weighted by Crippen LogP contribution is 2.17. The molecule has 0 spiro atoms. The summed E-state index contributed by atoms with van der Waals surface area (Å²) >= 11 is 0. The molecule has 0 atom stereocenters. The quantitative estimate of drug-likeness (QED) is 0.591. The molecule has 0 saturated carbocycles. The number of carbonyl (C=O) groups excluding carboxylic acids is 2. The lowest BCUT2D eigenvalue weighted by Gasteiger charge is -2.09. The minimum atomic E-state index is -0.346. The molecule has 0 radical (unpaired) electrons. The topological polar surface area (TPSA) is 80.3 Å². The maximum atomic E-state index is 12.3. The molecule has 2 N–H and O–H groups in total. The zero-order valence-corrected chi connectivity index (χ0v) is 16.4. The number of carbonyl (C=O) groups is 2. The Hall–Kier alpha value is -3.67. The monoisotopic (exact) mass is 389 g/mol. The van der Waals surface area contributed by atoms with Gasteiger partial charge in [-0.3, -0.25) is 4.79 Å². The van der Waals surface area contributed by atoms with E-state index < -0.39 is 0 Å². The molecule has 2 aromatic carbocycles. The van der Waals surface area contributed by atoms with Crippen LogP contribution in [-0.2, 0) is 11.3 Å². The fourth-order valence-corrected chi connectivity index (χ4v) is 2.65. The molecule has 0 saturated heterocycles. The predicted octanol–water partition coefficient (Wildman–Crippen LogP) is 4.24. The van der Waals surface area contributed by atoms with E-state index >= 15 is 0 Å². The van der Waals surface area contributed by atoms with Gasteiger partial charge in [-0.15, -0.1) is 0 Å². The van der Waals surface area contributed by atoms with Gasteiger partial charge < -0.3 is 15.4 Å². The van der Waals surface area contributed by atoms with E-state index in [2.05, 4.69) is 15.6 Å². The van der Waals surface area contributed by atoms with Crippen LogP contribution in [0.1, 0.15) is 38.9 Å². The number of esters is 1. The number of hydrogen-bond donors (Lipinski definition) is 2. The molecule has 1 amide bonds. The number of nitrogens with zero attached hydrogens (tertiary/aromatic N) is 1. The van der Waals surface area contributed by atoms with Gasteiger partial charge in [-0.1, -0.05) is 29.8 Å². The molecule has 6 nitrogen and oxygen atoms in total. The summed E-state index contributed by atoms with van der Waals surface area (Å²) in [6.07, 6.45) is 1.60. The van der Waals surface area contributed by atoms with Crippen LogP contribution in [0.15, 0.2) is 66.9 Å². The Morgan fingerprint density at radius 3 is 2.24 bits per heavy atom.